The maximum absolute atomic E-state index is 9.43. The van der Waals surface area contributed by atoms with Crippen molar-refractivity contribution in [2.75, 3.05) is 0 Å². The predicted octanol–water partition coefficient (Wildman–Crippen LogP) is 1.26. The van der Waals surface area contributed by atoms with Gasteiger partial charge in [-0.3, -0.25) is 0 Å². The van der Waals surface area contributed by atoms with Gasteiger partial charge in [-0.15, -0.1) is 0 Å². The van der Waals surface area contributed by atoms with Gasteiger partial charge in [-0.2, -0.15) is 0 Å². The summed E-state index contributed by atoms with van der Waals surface area (Å²) in [6.07, 6.45) is 3.62. The van der Waals surface area contributed by atoms with Gasteiger partial charge in [0.05, 0.1) is 18.5 Å². The van der Waals surface area contributed by atoms with Crippen LogP contribution in [0.15, 0.2) is 12.5 Å². The molecule has 4 heteroatoms. The van der Waals surface area contributed by atoms with Crippen molar-refractivity contribution in [3.63, 3.8) is 0 Å². The Morgan fingerprint density at radius 1 is 1.73 bits per heavy atom. The maximum Gasteiger partial charge on any atom is 0.119 e. The van der Waals surface area contributed by atoms with Crippen LogP contribution in [0.4, 0.5) is 0 Å². The van der Waals surface area contributed by atoms with Crippen molar-refractivity contribution in [2.45, 2.75) is 26.0 Å². The smallest absolute Gasteiger partial charge is 0.119 e. The zero-order valence-corrected chi connectivity index (χ0v) is 8.74. The SMILES string of the molecule is CC(C)(O)Cn1cnc(I)c1. The van der Waals surface area contributed by atoms with Crippen molar-refractivity contribution >= 4 is 22.6 Å². The van der Waals surface area contributed by atoms with Crippen LogP contribution in [-0.2, 0) is 6.54 Å². The summed E-state index contributed by atoms with van der Waals surface area (Å²) in [5.41, 5.74) is -0.663. The summed E-state index contributed by atoms with van der Waals surface area (Å²) in [6.45, 7) is 4.14. The molecular formula is C7H11IN2O. The van der Waals surface area contributed by atoms with E-state index < -0.39 is 5.60 Å². The van der Waals surface area contributed by atoms with E-state index in [1.165, 1.54) is 0 Å². The molecule has 0 atom stereocenters. The van der Waals surface area contributed by atoms with Crippen LogP contribution in [-0.4, -0.2) is 20.3 Å². The van der Waals surface area contributed by atoms with Gasteiger partial charge in [0.1, 0.15) is 3.70 Å². The van der Waals surface area contributed by atoms with Crippen molar-refractivity contribution in [1.29, 1.82) is 0 Å². The predicted molar refractivity (Wildman–Crippen MR) is 51.2 cm³/mol. The van der Waals surface area contributed by atoms with E-state index >= 15 is 0 Å². The Morgan fingerprint density at radius 2 is 2.36 bits per heavy atom. The molecule has 0 radical (unpaired) electrons. The van der Waals surface area contributed by atoms with Gasteiger partial charge >= 0.3 is 0 Å². The minimum Gasteiger partial charge on any atom is -0.389 e. The first-order valence-corrected chi connectivity index (χ1v) is 4.45. The molecule has 0 amide bonds. The number of imidazole rings is 1. The van der Waals surface area contributed by atoms with Crippen molar-refractivity contribution in [2.24, 2.45) is 0 Å². The molecular weight excluding hydrogens is 255 g/mol. The monoisotopic (exact) mass is 266 g/mol. The van der Waals surface area contributed by atoms with Gasteiger partial charge in [-0.25, -0.2) is 4.98 Å². The van der Waals surface area contributed by atoms with Gasteiger partial charge in [0.2, 0.25) is 0 Å². The number of nitrogens with zero attached hydrogens (tertiary/aromatic N) is 2. The molecule has 0 bridgehead atoms. The van der Waals surface area contributed by atoms with Crippen LogP contribution in [0, 0.1) is 3.70 Å². The highest BCUT2D eigenvalue weighted by Crippen LogP contribution is 2.07. The molecule has 62 valence electrons. The van der Waals surface area contributed by atoms with Crippen molar-refractivity contribution in [3.8, 4) is 0 Å². The summed E-state index contributed by atoms with van der Waals surface area (Å²) in [5.74, 6) is 0. The van der Waals surface area contributed by atoms with Crippen LogP contribution in [0.1, 0.15) is 13.8 Å². The van der Waals surface area contributed by atoms with Crippen LogP contribution in [0.5, 0.6) is 0 Å². The van der Waals surface area contributed by atoms with E-state index in [1.54, 1.807) is 20.2 Å². The minimum absolute atomic E-state index is 0.586. The molecule has 1 aromatic rings. The van der Waals surface area contributed by atoms with Crippen molar-refractivity contribution in [1.82, 2.24) is 9.55 Å². The molecule has 11 heavy (non-hydrogen) atoms. The Morgan fingerprint density at radius 3 is 2.73 bits per heavy atom. The largest absolute Gasteiger partial charge is 0.389 e. The first kappa shape index (κ1) is 8.99. The standard InChI is InChI=1S/C7H11IN2O/c1-7(2,11)4-10-3-6(8)9-5-10/h3,5,11H,4H2,1-2H3. The van der Waals surface area contributed by atoms with E-state index in [0.717, 1.165) is 3.70 Å². The van der Waals surface area contributed by atoms with Gasteiger partial charge < -0.3 is 9.67 Å². The highest BCUT2D eigenvalue weighted by atomic mass is 127. The number of aliphatic hydroxyl groups is 1. The quantitative estimate of drug-likeness (QED) is 0.818. The Hall–Kier alpha value is -0.100. The summed E-state index contributed by atoms with van der Waals surface area (Å²) in [5, 5.41) is 9.43. The lowest BCUT2D eigenvalue weighted by Gasteiger charge is -2.16. The van der Waals surface area contributed by atoms with Gasteiger partial charge in [0.15, 0.2) is 0 Å². The van der Waals surface area contributed by atoms with E-state index in [9.17, 15) is 5.11 Å². The number of aromatic nitrogens is 2. The van der Waals surface area contributed by atoms with Gasteiger partial charge in [-0.05, 0) is 36.4 Å². The summed E-state index contributed by atoms with van der Waals surface area (Å²) in [4.78, 5) is 4.04. The number of rotatable bonds is 2. The Kier molecular flexibility index (Phi) is 2.54. The first-order valence-electron chi connectivity index (χ1n) is 3.37. The molecule has 1 N–H and O–H groups in total. The molecule has 0 saturated heterocycles. The molecule has 0 fully saturated rings. The third-order valence-electron chi connectivity index (χ3n) is 1.17. The van der Waals surface area contributed by atoms with E-state index in [-0.39, 0.29) is 0 Å². The molecule has 1 rings (SSSR count). The summed E-state index contributed by atoms with van der Waals surface area (Å²) < 4.78 is 2.83. The molecule has 1 heterocycles. The minimum atomic E-state index is -0.663. The molecule has 1 aromatic heterocycles. The van der Waals surface area contributed by atoms with Gasteiger partial charge in [-0.1, -0.05) is 0 Å². The number of hydrogen-bond acceptors (Lipinski definition) is 2. The molecule has 0 spiro atoms. The fraction of sp³-hybridized carbons (Fsp3) is 0.571. The third kappa shape index (κ3) is 3.20. The lowest BCUT2D eigenvalue weighted by atomic mass is 10.1. The Labute approximate surface area is 79.6 Å². The van der Waals surface area contributed by atoms with E-state index in [1.807, 2.05) is 10.8 Å². The highest BCUT2D eigenvalue weighted by molar-refractivity contribution is 14.1. The fourth-order valence-electron chi connectivity index (χ4n) is 0.866. The van der Waals surface area contributed by atoms with Crippen LogP contribution in [0.3, 0.4) is 0 Å². The molecule has 0 aliphatic heterocycles. The second-order valence-corrected chi connectivity index (χ2v) is 4.29. The molecule has 0 aliphatic rings. The summed E-state index contributed by atoms with van der Waals surface area (Å²) in [7, 11) is 0. The molecule has 0 aromatic carbocycles. The van der Waals surface area contributed by atoms with E-state index in [0.29, 0.717) is 6.54 Å². The Balaban J connectivity index is 2.65. The number of hydrogen-bond donors (Lipinski definition) is 1. The topological polar surface area (TPSA) is 38.0 Å². The zero-order chi connectivity index (χ0) is 8.48. The van der Waals surface area contributed by atoms with Crippen molar-refractivity contribution in [3.05, 3.63) is 16.2 Å². The van der Waals surface area contributed by atoms with E-state index in [4.69, 9.17) is 0 Å². The fourth-order valence-corrected chi connectivity index (χ4v) is 1.35. The van der Waals surface area contributed by atoms with Gasteiger partial charge in [0.25, 0.3) is 0 Å². The molecule has 0 saturated carbocycles. The second kappa shape index (κ2) is 3.10. The second-order valence-electron chi connectivity index (χ2n) is 3.18. The molecule has 0 unspecified atom stereocenters. The van der Waals surface area contributed by atoms with Crippen LogP contribution in [0.2, 0.25) is 0 Å². The highest BCUT2D eigenvalue weighted by Gasteiger charge is 2.12. The normalized spacial score (nSPS) is 12.0. The van der Waals surface area contributed by atoms with E-state index in [2.05, 4.69) is 27.6 Å². The Bertz CT molecular complexity index is 239. The molecule has 3 nitrogen and oxygen atoms in total. The van der Waals surface area contributed by atoms with Crippen LogP contribution < -0.4 is 0 Å². The molecule has 0 aliphatic carbocycles. The third-order valence-corrected chi connectivity index (χ3v) is 1.73. The summed E-state index contributed by atoms with van der Waals surface area (Å²) in [6, 6.07) is 0. The maximum atomic E-state index is 9.43. The van der Waals surface area contributed by atoms with Crippen LogP contribution >= 0.6 is 22.6 Å². The number of halogens is 1. The van der Waals surface area contributed by atoms with Gasteiger partial charge in [0, 0.05) is 6.20 Å². The first-order chi connectivity index (χ1) is 4.97. The lowest BCUT2D eigenvalue weighted by molar-refractivity contribution is 0.0615. The zero-order valence-electron chi connectivity index (χ0n) is 6.58. The average molecular weight is 266 g/mol. The summed E-state index contributed by atoms with van der Waals surface area (Å²) >= 11 is 2.14. The van der Waals surface area contributed by atoms with Crippen LogP contribution in [0.25, 0.3) is 0 Å². The van der Waals surface area contributed by atoms with Crippen molar-refractivity contribution < 1.29 is 5.11 Å². The average Bonchev–Trinajstić information content (AvgIpc) is 2.10. The lowest BCUT2D eigenvalue weighted by Crippen LogP contribution is -2.25.